The predicted molar refractivity (Wildman–Crippen MR) is 158 cm³/mol. The number of piperazine rings is 1. The van der Waals surface area contributed by atoms with Gasteiger partial charge in [-0.25, -0.2) is 13.4 Å². The van der Waals surface area contributed by atoms with E-state index < -0.39 is 16.1 Å². The zero-order valence-electron chi connectivity index (χ0n) is 20.5. The summed E-state index contributed by atoms with van der Waals surface area (Å²) in [6.45, 7) is 2.27. The van der Waals surface area contributed by atoms with Crippen molar-refractivity contribution in [2.75, 3.05) is 19.6 Å². The first-order valence-corrected chi connectivity index (χ1v) is 14.4. The summed E-state index contributed by atoms with van der Waals surface area (Å²) < 4.78 is 29.6. The second-order valence-electron chi connectivity index (χ2n) is 9.01. The van der Waals surface area contributed by atoms with Crippen LogP contribution in [0.1, 0.15) is 21.3 Å². The van der Waals surface area contributed by atoms with Gasteiger partial charge in [-0.3, -0.25) is 9.78 Å². The monoisotopic (exact) mass is 696 g/mol. The molecule has 1 aliphatic heterocycles. The number of carbonyl (C=O) groups is 1. The lowest BCUT2D eigenvalue weighted by molar-refractivity contribution is 0.0562. The zero-order valence-corrected chi connectivity index (χ0v) is 25.2. The van der Waals surface area contributed by atoms with Gasteiger partial charge < -0.3 is 4.90 Å². The molecule has 0 spiro atoms. The molecule has 1 N–H and O–H groups in total. The number of aromatic nitrogens is 6. The van der Waals surface area contributed by atoms with E-state index in [1.807, 2.05) is 13.0 Å². The number of halogens is 2. The van der Waals surface area contributed by atoms with E-state index in [9.17, 15) is 13.2 Å². The van der Waals surface area contributed by atoms with Crippen LogP contribution in [-0.4, -0.2) is 79.8 Å². The normalized spacial score (nSPS) is 16.5. The van der Waals surface area contributed by atoms with E-state index in [0.29, 0.717) is 21.4 Å². The van der Waals surface area contributed by atoms with Gasteiger partial charge in [-0.2, -0.15) is 9.52 Å². The number of rotatable bonds is 5. The Balaban J connectivity index is 0.00000308. The van der Waals surface area contributed by atoms with Crippen molar-refractivity contribution in [3.05, 3.63) is 70.2 Å². The number of H-pyrrole nitrogens is 1. The number of tetrazole rings is 1. The third-order valence-corrected chi connectivity index (χ3v) is 9.61. The molecule has 0 bridgehead atoms. The Hall–Kier alpha value is -2.79. The molecule has 1 fully saturated rings. The molecule has 0 saturated carbocycles. The van der Waals surface area contributed by atoms with Crippen LogP contribution in [0.15, 0.2) is 53.6 Å². The summed E-state index contributed by atoms with van der Waals surface area (Å²) in [6.07, 6.45) is 1.94. The minimum absolute atomic E-state index is 0. The Morgan fingerprint density at radius 2 is 1.95 bits per heavy atom. The van der Waals surface area contributed by atoms with Crippen LogP contribution in [0.5, 0.6) is 0 Å². The molecule has 2 aromatic carbocycles. The van der Waals surface area contributed by atoms with Crippen molar-refractivity contribution in [3.8, 4) is 0 Å². The molecule has 5 aromatic rings. The van der Waals surface area contributed by atoms with Gasteiger partial charge in [0.1, 0.15) is 0 Å². The smallest absolute Gasteiger partial charge is 0.283 e. The molecule has 11 nitrogen and oxygen atoms in total. The van der Waals surface area contributed by atoms with Crippen molar-refractivity contribution in [2.24, 2.45) is 0 Å². The number of thiazole rings is 1. The van der Waals surface area contributed by atoms with Gasteiger partial charge in [0, 0.05) is 43.0 Å². The van der Waals surface area contributed by atoms with E-state index in [-0.39, 0.29) is 60.8 Å². The molecule has 1 aliphatic rings. The first-order chi connectivity index (χ1) is 18.3. The number of benzene rings is 2. The number of pyridine rings is 1. The van der Waals surface area contributed by atoms with E-state index in [1.165, 1.54) is 15.6 Å². The van der Waals surface area contributed by atoms with Gasteiger partial charge in [-0.05, 0) is 48.0 Å². The molecule has 6 rings (SSSR count). The molecular formula is C24H22ClIN8O3S2. The Morgan fingerprint density at radius 1 is 1.15 bits per heavy atom. The third-order valence-electron chi connectivity index (χ3n) is 6.52. The molecule has 0 radical (unpaired) electrons. The van der Waals surface area contributed by atoms with E-state index in [4.69, 9.17) is 11.6 Å². The topological polar surface area (TPSA) is 138 Å². The summed E-state index contributed by atoms with van der Waals surface area (Å²) in [7, 11) is -3.84. The van der Waals surface area contributed by atoms with Crippen LogP contribution in [0.3, 0.4) is 0 Å². The number of nitrogens with one attached hydrogen (secondary N) is 1. The molecule has 1 saturated heterocycles. The maximum Gasteiger partial charge on any atom is 0.283 e. The summed E-state index contributed by atoms with van der Waals surface area (Å²) >= 11 is 7.34. The standard InChI is InChI=1S/C24H21ClN8O3S2.HI/c1-14-8-20-21(12-26-14)37-23(27-20)24(34)33-7-6-32(13-18(33)11-22-28-30-31-29-22)38(35,36)19-5-3-15-9-17(25)4-2-16(15)10-19;/h2-5,8-10,12,18H,6-7,11,13H2,1H3,(H,28,29,30,31);1H. The van der Waals surface area contributed by atoms with Crippen molar-refractivity contribution in [1.82, 2.24) is 39.8 Å². The fourth-order valence-electron chi connectivity index (χ4n) is 4.62. The van der Waals surface area contributed by atoms with E-state index >= 15 is 0 Å². The maximum absolute atomic E-state index is 13.7. The Labute approximate surface area is 249 Å². The lowest BCUT2D eigenvalue weighted by atomic mass is 10.1. The quantitative estimate of drug-likeness (QED) is 0.275. The van der Waals surface area contributed by atoms with E-state index in [2.05, 4.69) is 30.6 Å². The Kier molecular flexibility index (Phi) is 7.83. The molecule has 3 aromatic heterocycles. The van der Waals surface area contributed by atoms with Crippen LogP contribution in [0.25, 0.3) is 21.0 Å². The highest BCUT2D eigenvalue weighted by molar-refractivity contribution is 14.0. The molecule has 39 heavy (non-hydrogen) atoms. The molecule has 1 unspecified atom stereocenters. The molecule has 15 heteroatoms. The summed E-state index contributed by atoms with van der Waals surface area (Å²) in [4.78, 5) is 24.3. The van der Waals surface area contributed by atoms with Gasteiger partial charge in [0.05, 0.1) is 21.2 Å². The summed E-state index contributed by atoms with van der Waals surface area (Å²) in [6, 6.07) is 11.6. The number of sulfonamides is 1. The molecular weight excluding hydrogens is 675 g/mol. The van der Waals surface area contributed by atoms with Gasteiger partial charge >= 0.3 is 0 Å². The number of hydrogen-bond acceptors (Lipinski definition) is 9. The lowest BCUT2D eigenvalue weighted by Gasteiger charge is -2.40. The number of amides is 1. The van der Waals surface area contributed by atoms with Crippen LogP contribution in [0.2, 0.25) is 5.02 Å². The third kappa shape index (κ3) is 5.48. The number of carbonyl (C=O) groups excluding carboxylic acids is 1. The number of nitrogens with zero attached hydrogens (tertiary/aromatic N) is 7. The fourth-order valence-corrected chi connectivity index (χ4v) is 7.18. The average Bonchev–Trinajstić information content (AvgIpc) is 3.57. The SMILES string of the molecule is Cc1cc2nc(C(=O)N3CCN(S(=O)(=O)c4ccc5cc(Cl)ccc5c4)CC3Cc3nn[nH]n3)sc2cn1.I. The maximum atomic E-state index is 13.7. The highest BCUT2D eigenvalue weighted by atomic mass is 127. The first-order valence-electron chi connectivity index (χ1n) is 11.7. The lowest BCUT2D eigenvalue weighted by Crippen LogP contribution is -2.57. The summed E-state index contributed by atoms with van der Waals surface area (Å²) in [5, 5.41) is 16.6. The minimum atomic E-state index is -3.84. The second kappa shape index (κ2) is 11.0. The van der Waals surface area contributed by atoms with Crippen LogP contribution in [0.4, 0.5) is 0 Å². The van der Waals surface area contributed by atoms with E-state index in [0.717, 1.165) is 21.2 Å². The van der Waals surface area contributed by atoms with Crippen LogP contribution in [-0.2, 0) is 16.4 Å². The van der Waals surface area contributed by atoms with Crippen molar-refractivity contribution in [1.29, 1.82) is 0 Å². The number of hydrogen-bond donors (Lipinski definition) is 1. The summed E-state index contributed by atoms with van der Waals surface area (Å²) in [5.74, 6) is 0.121. The second-order valence-corrected chi connectivity index (χ2v) is 12.4. The number of fused-ring (bicyclic) bond motifs is 2. The van der Waals surface area contributed by atoms with Gasteiger partial charge in [0.2, 0.25) is 10.0 Å². The van der Waals surface area contributed by atoms with Gasteiger partial charge in [-0.15, -0.1) is 45.5 Å². The van der Waals surface area contributed by atoms with Crippen LogP contribution < -0.4 is 0 Å². The molecule has 0 aliphatic carbocycles. The minimum Gasteiger partial charge on any atom is -0.330 e. The van der Waals surface area contributed by atoms with E-state index in [1.54, 1.807) is 47.5 Å². The Morgan fingerprint density at radius 3 is 2.74 bits per heavy atom. The number of aromatic amines is 1. The molecule has 1 atom stereocenters. The van der Waals surface area contributed by atoms with Crippen molar-refractivity contribution in [2.45, 2.75) is 24.3 Å². The highest BCUT2D eigenvalue weighted by Crippen LogP contribution is 2.28. The van der Waals surface area contributed by atoms with Crippen molar-refractivity contribution >= 4 is 83.8 Å². The predicted octanol–water partition coefficient (Wildman–Crippen LogP) is 3.70. The van der Waals surface area contributed by atoms with Gasteiger partial charge in [-0.1, -0.05) is 28.9 Å². The molecule has 202 valence electrons. The van der Waals surface area contributed by atoms with Crippen LogP contribution in [0, 0.1) is 6.92 Å². The average molecular weight is 697 g/mol. The molecule has 4 heterocycles. The van der Waals surface area contributed by atoms with Crippen molar-refractivity contribution in [3.63, 3.8) is 0 Å². The van der Waals surface area contributed by atoms with Gasteiger partial charge in [0.25, 0.3) is 5.91 Å². The summed E-state index contributed by atoms with van der Waals surface area (Å²) in [5.41, 5.74) is 1.52. The van der Waals surface area contributed by atoms with Crippen LogP contribution >= 0.6 is 46.9 Å². The molecule has 1 amide bonds. The Bertz CT molecular complexity index is 1780. The first kappa shape index (κ1) is 27.8. The highest BCUT2D eigenvalue weighted by Gasteiger charge is 2.38. The zero-order chi connectivity index (χ0) is 26.4. The van der Waals surface area contributed by atoms with Crippen molar-refractivity contribution < 1.29 is 13.2 Å². The largest absolute Gasteiger partial charge is 0.330 e. The fraction of sp³-hybridized carbons (Fsp3) is 0.250. The number of aryl methyl sites for hydroxylation is 1. The van der Waals surface area contributed by atoms with Gasteiger partial charge in [0.15, 0.2) is 10.8 Å².